The molecule has 3 heteroatoms. The predicted octanol–water partition coefficient (Wildman–Crippen LogP) is 1.91. The van der Waals surface area contributed by atoms with E-state index in [1.807, 2.05) is 0 Å². The van der Waals surface area contributed by atoms with Gasteiger partial charge in [0.05, 0.1) is 0 Å². The van der Waals surface area contributed by atoms with Crippen molar-refractivity contribution in [3.05, 3.63) is 0 Å². The molecule has 2 aliphatic rings. The van der Waals surface area contributed by atoms with Crippen molar-refractivity contribution in [1.29, 1.82) is 0 Å². The summed E-state index contributed by atoms with van der Waals surface area (Å²) >= 11 is 0. The minimum Gasteiger partial charge on any atom is -0.381 e. The van der Waals surface area contributed by atoms with E-state index in [0.29, 0.717) is 11.5 Å². The van der Waals surface area contributed by atoms with Crippen LogP contribution in [0.4, 0.5) is 0 Å². The Labute approximate surface area is 105 Å². The monoisotopic (exact) mass is 240 g/mol. The summed E-state index contributed by atoms with van der Waals surface area (Å²) in [5, 5.41) is 3.68. The zero-order valence-electron chi connectivity index (χ0n) is 11.2. The summed E-state index contributed by atoms with van der Waals surface area (Å²) in [4.78, 5) is 0. The highest BCUT2D eigenvalue weighted by molar-refractivity contribution is 4.81. The fraction of sp³-hybridized carbons (Fsp3) is 1.00. The van der Waals surface area contributed by atoms with Crippen LogP contribution in [0.2, 0.25) is 0 Å². The van der Waals surface area contributed by atoms with Crippen LogP contribution in [-0.2, 0) is 4.74 Å². The van der Waals surface area contributed by atoms with E-state index in [2.05, 4.69) is 12.2 Å². The van der Waals surface area contributed by atoms with Crippen molar-refractivity contribution in [1.82, 2.24) is 5.32 Å². The number of hydrogen-bond donors (Lipinski definition) is 2. The minimum absolute atomic E-state index is 0.462. The Balaban J connectivity index is 1.62. The van der Waals surface area contributed by atoms with Gasteiger partial charge in [0.2, 0.25) is 0 Å². The number of ether oxygens (including phenoxy) is 1. The number of nitrogens with two attached hydrogens (primary N) is 1. The molecule has 0 atom stereocenters. The van der Waals surface area contributed by atoms with Gasteiger partial charge in [-0.3, -0.25) is 0 Å². The summed E-state index contributed by atoms with van der Waals surface area (Å²) < 4.78 is 5.43. The molecule has 1 saturated heterocycles. The van der Waals surface area contributed by atoms with Crippen molar-refractivity contribution in [2.24, 2.45) is 17.1 Å². The standard InChI is InChI=1S/C14H28N2O/c1-14(6-8-17-9-7-14)11-16-10-12-2-4-13(15)5-3-12/h12-13,16H,2-11,15H2,1H3. The maximum atomic E-state index is 5.93. The molecule has 0 aromatic carbocycles. The van der Waals surface area contributed by atoms with E-state index in [4.69, 9.17) is 10.5 Å². The van der Waals surface area contributed by atoms with Gasteiger partial charge in [0.1, 0.15) is 0 Å². The van der Waals surface area contributed by atoms with Crippen LogP contribution in [0.1, 0.15) is 45.4 Å². The smallest absolute Gasteiger partial charge is 0.0471 e. The summed E-state index contributed by atoms with van der Waals surface area (Å²) in [5.41, 5.74) is 6.39. The first-order valence-electron chi connectivity index (χ1n) is 7.22. The van der Waals surface area contributed by atoms with Gasteiger partial charge in [0, 0.05) is 25.8 Å². The molecule has 2 rings (SSSR count). The molecule has 1 heterocycles. The highest BCUT2D eigenvalue weighted by atomic mass is 16.5. The number of rotatable bonds is 4. The average Bonchev–Trinajstić information content (AvgIpc) is 2.32. The largest absolute Gasteiger partial charge is 0.381 e. The first-order chi connectivity index (χ1) is 8.18. The Morgan fingerprint density at radius 3 is 2.47 bits per heavy atom. The quantitative estimate of drug-likeness (QED) is 0.789. The zero-order valence-corrected chi connectivity index (χ0v) is 11.2. The van der Waals surface area contributed by atoms with Crippen LogP contribution in [0.5, 0.6) is 0 Å². The summed E-state index contributed by atoms with van der Waals surface area (Å²) in [7, 11) is 0. The van der Waals surface area contributed by atoms with E-state index < -0.39 is 0 Å². The molecule has 3 nitrogen and oxygen atoms in total. The van der Waals surface area contributed by atoms with E-state index in [1.54, 1.807) is 0 Å². The lowest BCUT2D eigenvalue weighted by Crippen LogP contribution is -2.39. The summed E-state index contributed by atoms with van der Waals surface area (Å²) in [6.45, 7) is 6.61. The third kappa shape index (κ3) is 4.23. The number of hydrogen-bond acceptors (Lipinski definition) is 3. The van der Waals surface area contributed by atoms with Gasteiger partial charge in [0.25, 0.3) is 0 Å². The van der Waals surface area contributed by atoms with Gasteiger partial charge in [-0.05, 0) is 56.4 Å². The van der Waals surface area contributed by atoms with E-state index in [9.17, 15) is 0 Å². The van der Waals surface area contributed by atoms with Crippen LogP contribution in [0, 0.1) is 11.3 Å². The van der Waals surface area contributed by atoms with Gasteiger partial charge in [-0.25, -0.2) is 0 Å². The van der Waals surface area contributed by atoms with E-state index in [-0.39, 0.29) is 0 Å². The Kier molecular flexibility index (Phi) is 4.83. The molecule has 0 amide bonds. The van der Waals surface area contributed by atoms with Crippen LogP contribution >= 0.6 is 0 Å². The van der Waals surface area contributed by atoms with Gasteiger partial charge in [-0.2, -0.15) is 0 Å². The lowest BCUT2D eigenvalue weighted by atomic mass is 9.82. The van der Waals surface area contributed by atoms with Gasteiger partial charge in [0.15, 0.2) is 0 Å². The third-order valence-corrected chi connectivity index (χ3v) is 4.58. The molecular formula is C14H28N2O. The van der Waals surface area contributed by atoms with Crippen LogP contribution in [0.3, 0.4) is 0 Å². The molecule has 0 radical (unpaired) electrons. The highest BCUT2D eigenvalue weighted by Gasteiger charge is 2.27. The molecule has 0 bridgehead atoms. The fourth-order valence-corrected chi connectivity index (χ4v) is 3.01. The van der Waals surface area contributed by atoms with Gasteiger partial charge in [-0.15, -0.1) is 0 Å². The molecular weight excluding hydrogens is 212 g/mol. The predicted molar refractivity (Wildman–Crippen MR) is 71.0 cm³/mol. The van der Waals surface area contributed by atoms with Crippen LogP contribution in [0.15, 0.2) is 0 Å². The summed E-state index contributed by atoms with van der Waals surface area (Å²) in [6.07, 6.45) is 7.47. The Bertz CT molecular complexity index is 218. The molecule has 1 aliphatic heterocycles. The zero-order chi connectivity index (χ0) is 12.1. The first kappa shape index (κ1) is 13.3. The molecule has 100 valence electrons. The van der Waals surface area contributed by atoms with Gasteiger partial charge < -0.3 is 15.8 Å². The lowest BCUT2D eigenvalue weighted by Gasteiger charge is -2.35. The molecule has 0 unspecified atom stereocenters. The average molecular weight is 240 g/mol. The molecule has 17 heavy (non-hydrogen) atoms. The Hall–Kier alpha value is -0.120. The van der Waals surface area contributed by atoms with E-state index in [1.165, 1.54) is 45.1 Å². The Morgan fingerprint density at radius 2 is 1.82 bits per heavy atom. The van der Waals surface area contributed by atoms with Crippen molar-refractivity contribution >= 4 is 0 Å². The van der Waals surface area contributed by atoms with E-state index >= 15 is 0 Å². The fourth-order valence-electron chi connectivity index (χ4n) is 3.01. The SMILES string of the molecule is CC1(CNCC2CCC(N)CC2)CCOCC1. The van der Waals surface area contributed by atoms with Crippen molar-refractivity contribution < 1.29 is 4.74 Å². The summed E-state index contributed by atoms with van der Waals surface area (Å²) in [5.74, 6) is 0.859. The molecule has 0 aromatic rings. The van der Waals surface area contributed by atoms with Crippen LogP contribution < -0.4 is 11.1 Å². The molecule has 2 fully saturated rings. The topological polar surface area (TPSA) is 47.3 Å². The lowest BCUT2D eigenvalue weighted by molar-refractivity contribution is 0.0236. The second-order valence-electron chi connectivity index (χ2n) is 6.33. The molecule has 1 aliphatic carbocycles. The Morgan fingerprint density at radius 1 is 1.18 bits per heavy atom. The second kappa shape index (κ2) is 6.17. The highest BCUT2D eigenvalue weighted by Crippen LogP contribution is 2.29. The minimum atomic E-state index is 0.462. The van der Waals surface area contributed by atoms with Crippen molar-refractivity contribution in [2.75, 3.05) is 26.3 Å². The second-order valence-corrected chi connectivity index (χ2v) is 6.33. The third-order valence-electron chi connectivity index (χ3n) is 4.58. The maximum absolute atomic E-state index is 5.93. The summed E-state index contributed by atoms with van der Waals surface area (Å²) in [6, 6.07) is 0.472. The van der Waals surface area contributed by atoms with E-state index in [0.717, 1.165) is 25.7 Å². The first-order valence-corrected chi connectivity index (χ1v) is 7.22. The van der Waals surface area contributed by atoms with Gasteiger partial charge in [-0.1, -0.05) is 6.92 Å². The van der Waals surface area contributed by atoms with Gasteiger partial charge >= 0.3 is 0 Å². The molecule has 0 spiro atoms. The molecule has 1 saturated carbocycles. The van der Waals surface area contributed by atoms with Crippen LogP contribution in [0.25, 0.3) is 0 Å². The van der Waals surface area contributed by atoms with Crippen molar-refractivity contribution in [3.8, 4) is 0 Å². The van der Waals surface area contributed by atoms with Crippen LogP contribution in [-0.4, -0.2) is 32.3 Å². The maximum Gasteiger partial charge on any atom is 0.0471 e. The normalized spacial score (nSPS) is 33.5. The number of nitrogens with one attached hydrogen (secondary N) is 1. The molecule has 0 aromatic heterocycles. The molecule has 3 N–H and O–H groups in total. The van der Waals surface area contributed by atoms with Crippen molar-refractivity contribution in [3.63, 3.8) is 0 Å². The van der Waals surface area contributed by atoms with Crippen molar-refractivity contribution in [2.45, 2.75) is 51.5 Å².